The van der Waals surface area contributed by atoms with E-state index in [2.05, 4.69) is 47.8 Å². The van der Waals surface area contributed by atoms with E-state index in [-0.39, 0.29) is 22.5 Å². The Morgan fingerprint density at radius 3 is 2.42 bits per heavy atom. The van der Waals surface area contributed by atoms with E-state index in [4.69, 9.17) is 0 Å². The highest BCUT2D eigenvalue weighted by Crippen LogP contribution is 2.28. The number of aromatic nitrogens is 3. The summed E-state index contributed by atoms with van der Waals surface area (Å²) in [6, 6.07) is 12.9. The quantitative estimate of drug-likeness (QED) is 0.291. The summed E-state index contributed by atoms with van der Waals surface area (Å²) in [6.45, 7) is 1.98. The number of alkyl halides is 3. The molecule has 4 aromatic rings. The molecule has 40 heavy (non-hydrogen) atoms. The van der Waals surface area contributed by atoms with E-state index >= 15 is 0 Å². The van der Waals surface area contributed by atoms with Crippen LogP contribution in [0, 0.1) is 0 Å². The van der Waals surface area contributed by atoms with Crippen LogP contribution >= 0.6 is 0 Å². The van der Waals surface area contributed by atoms with Crippen LogP contribution in [0.2, 0.25) is 0 Å². The number of rotatable bonds is 7. The third-order valence-electron chi connectivity index (χ3n) is 6.51. The first kappa shape index (κ1) is 27.1. The molecule has 0 saturated carbocycles. The minimum atomic E-state index is -4.85. The Morgan fingerprint density at radius 1 is 1.07 bits per heavy atom. The van der Waals surface area contributed by atoms with E-state index in [1.807, 2.05) is 12.1 Å². The lowest BCUT2D eigenvalue weighted by molar-refractivity contribution is -0.274. The average molecular weight is 555 g/mol. The summed E-state index contributed by atoms with van der Waals surface area (Å²) in [6.07, 6.45) is -0.172. The lowest BCUT2D eigenvalue weighted by atomic mass is 9.90. The number of carbonyl (C=O) groups excluding carboxylic acids is 1. The van der Waals surface area contributed by atoms with Gasteiger partial charge >= 0.3 is 6.36 Å². The van der Waals surface area contributed by atoms with Gasteiger partial charge in [0.1, 0.15) is 11.3 Å². The van der Waals surface area contributed by atoms with Gasteiger partial charge in [0.25, 0.3) is 5.91 Å². The molecular formula is C27H25F3N6O4. The number of ether oxygens (including phenoxy) is 1. The molecule has 2 aromatic carbocycles. The number of hydroxylamine groups is 1. The number of carbonyl (C=O) groups is 1. The number of piperidine rings is 1. The summed E-state index contributed by atoms with van der Waals surface area (Å²) in [5.41, 5.74) is 3.62. The Morgan fingerprint density at radius 2 is 1.77 bits per heavy atom. The van der Waals surface area contributed by atoms with Crippen molar-refractivity contribution in [2.45, 2.75) is 25.1 Å². The largest absolute Gasteiger partial charge is 0.573 e. The van der Waals surface area contributed by atoms with Gasteiger partial charge in [-0.2, -0.15) is 4.98 Å². The van der Waals surface area contributed by atoms with Crippen LogP contribution in [0.5, 0.6) is 5.75 Å². The maximum Gasteiger partial charge on any atom is 0.573 e. The van der Waals surface area contributed by atoms with E-state index in [0.717, 1.165) is 43.8 Å². The van der Waals surface area contributed by atoms with Crippen molar-refractivity contribution in [3.05, 3.63) is 82.3 Å². The average Bonchev–Trinajstić information content (AvgIpc) is 2.94. The van der Waals surface area contributed by atoms with Gasteiger partial charge in [-0.3, -0.25) is 14.4 Å². The third kappa shape index (κ3) is 6.05. The number of anilines is 2. The fourth-order valence-electron chi connectivity index (χ4n) is 4.61. The van der Waals surface area contributed by atoms with E-state index < -0.39 is 23.4 Å². The molecule has 10 nitrogen and oxygen atoms in total. The fraction of sp³-hybridized carbons (Fsp3) is 0.259. The molecule has 0 bridgehead atoms. The van der Waals surface area contributed by atoms with Gasteiger partial charge in [0.05, 0.1) is 12.5 Å². The Bertz CT molecular complexity index is 1570. The summed E-state index contributed by atoms with van der Waals surface area (Å²) in [4.78, 5) is 39.0. The van der Waals surface area contributed by atoms with Crippen LogP contribution in [0.25, 0.3) is 16.7 Å². The van der Waals surface area contributed by atoms with E-state index in [0.29, 0.717) is 11.6 Å². The molecular weight excluding hydrogens is 529 g/mol. The van der Waals surface area contributed by atoms with Crippen molar-refractivity contribution in [3.63, 3.8) is 0 Å². The van der Waals surface area contributed by atoms with Gasteiger partial charge in [-0.05, 0) is 73.8 Å². The van der Waals surface area contributed by atoms with E-state index in [1.165, 1.54) is 41.8 Å². The van der Waals surface area contributed by atoms with Gasteiger partial charge in [-0.15, -0.1) is 13.2 Å². The van der Waals surface area contributed by atoms with Crippen molar-refractivity contribution in [2.24, 2.45) is 0 Å². The molecule has 208 valence electrons. The SMILES string of the molecule is CONC(=O)c1cn(-c2ccc(OC(F)(F)F)cc2)c2nc(Nc3ccc(C4CCNCC4)cc3)ncc2c1=O. The maximum atomic E-state index is 13.1. The van der Waals surface area contributed by atoms with Crippen molar-refractivity contribution in [1.82, 2.24) is 25.3 Å². The highest BCUT2D eigenvalue weighted by Gasteiger charge is 2.31. The van der Waals surface area contributed by atoms with E-state index in [1.54, 1.807) is 0 Å². The Hall–Kier alpha value is -4.49. The Kier molecular flexibility index (Phi) is 7.67. The summed E-state index contributed by atoms with van der Waals surface area (Å²) in [7, 11) is 1.22. The van der Waals surface area contributed by atoms with Crippen LogP contribution in [-0.4, -0.2) is 47.0 Å². The van der Waals surface area contributed by atoms with E-state index in [9.17, 15) is 22.8 Å². The molecule has 2 aromatic heterocycles. The molecule has 3 N–H and O–H groups in total. The molecule has 0 radical (unpaired) electrons. The van der Waals surface area contributed by atoms with Crippen molar-refractivity contribution < 1.29 is 27.5 Å². The maximum absolute atomic E-state index is 13.1. The standard InChI is InChI=1S/C27H25F3N6O4/c1-39-35-25(38)22-15-36(19-6-8-20(9-7-19)40-27(28,29)30)24-21(23(22)37)14-32-26(34-24)33-18-4-2-16(3-5-18)17-10-12-31-13-11-17/h2-9,14-15,17,31H,10-13H2,1H3,(H,35,38)(H,32,33,34). The number of nitrogens with zero attached hydrogens (tertiary/aromatic N) is 3. The topological polar surface area (TPSA) is 119 Å². The molecule has 5 rings (SSSR count). The second kappa shape index (κ2) is 11.3. The number of amides is 1. The zero-order chi connectivity index (χ0) is 28.3. The molecule has 1 aliphatic heterocycles. The van der Waals surface area contributed by atoms with Gasteiger partial charge in [-0.25, -0.2) is 10.5 Å². The lowest BCUT2D eigenvalue weighted by Gasteiger charge is -2.23. The molecule has 1 amide bonds. The number of benzene rings is 2. The van der Waals surface area contributed by atoms with Crippen molar-refractivity contribution >= 4 is 28.6 Å². The molecule has 13 heteroatoms. The Balaban J connectivity index is 1.51. The lowest BCUT2D eigenvalue weighted by Crippen LogP contribution is -2.29. The number of pyridine rings is 1. The van der Waals surface area contributed by atoms with Crippen molar-refractivity contribution in [2.75, 3.05) is 25.5 Å². The summed E-state index contributed by atoms with van der Waals surface area (Å²) >= 11 is 0. The smallest absolute Gasteiger partial charge is 0.406 e. The highest BCUT2D eigenvalue weighted by molar-refractivity contribution is 5.96. The molecule has 0 aliphatic carbocycles. The van der Waals surface area contributed by atoms with Gasteiger partial charge < -0.3 is 19.9 Å². The predicted molar refractivity (Wildman–Crippen MR) is 141 cm³/mol. The fourth-order valence-corrected chi connectivity index (χ4v) is 4.61. The van der Waals surface area contributed by atoms with Crippen LogP contribution < -0.4 is 26.3 Å². The first-order chi connectivity index (χ1) is 19.2. The third-order valence-corrected chi connectivity index (χ3v) is 6.51. The van der Waals surface area contributed by atoms with Crippen LogP contribution in [0.15, 0.2) is 65.7 Å². The van der Waals surface area contributed by atoms with Crippen LogP contribution in [0.3, 0.4) is 0 Å². The van der Waals surface area contributed by atoms with Crippen LogP contribution in [0.4, 0.5) is 24.8 Å². The minimum Gasteiger partial charge on any atom is -0.406 e. The van der Waals surface area contributed by atoms with Gasteiger partial charge in [0, 0.05) is 23.8 Å². The first-order valence-corrected chi connectivity index (χ1v) is 12.4. The normalized spacial score (nSPS) is 14.2. The number of hydrogen-bond donors (Lipinski definition) is 3. The summed E-state index contributed by atoms with van der Waals surface area (Å²) in [5.74, 6) is -0.555. The molecule has 0 unspecified atom stereocenters. The number of fused-ring (bicyclic) bond motifs is 1. The zero-order valence-corrected chi connectivity index (χ0v) is 21.3. The zero-order valence-electron chi connectivity index (χ0n) is 21.3. The molecule has 0 atom stereocenters. The molecule has 1 fully saturated rings. The van der Waals surface area contributed by atoms with Crippen molar-refractivity contribution in [1.29, 1.82) is 0 Å². The molecule has 3 heterocycles. The molecule has 0 spiro atoms. The van der Waals surface area contributed by atoms with Crippen LogP contribution in [-0.2, 0) is 4.84 Å². The number of nitrogens with one attached hydrogen (secondary N) is 3. The molecule has 1 aliphatic rings. The minimum absolute atomic E-state index is 0.0196. The monoisotopic (exact) mass is 554 g/mol. The highest BCUT2D eigenvalue weighted by atomic mass is 19.4. The number of halogens is 3. The number of hydrogen-bond acceptors (Lipinski definition) is 8. The Labute approximate surface area is 226 Å². The predicted octanol–water partition coefficient (Wildman–Crippen LogP) is 4.18. The molecule has 1 saturated heterocycles. The van der Waals surface area contributed by atoms with Gasteiger partial charge in [0.2, 0.25) is 11.4 Å². The second-order valence-corrected chi connectivity index (χ2v) is 9.12. The summed E-state index contributed by atoms with van der Waals surface area (Å²) < 4.78 is 43.2. The van der Waals surface area contributed by atoms with Gasteiger partial charge in [-0.1, -0.05) is 12.1 Å². The van der Waals surface area contributed by atoms with Crippen molar-refractivity contribution in [3.8, 4) is 11.4 Å². The van der Waals surface area contributed by atoms with Crippen LogP contribution in [0.1, 0.15) is 34.7 Å². The summed E-state index contributed by atoms with van der Waals surface area (Å²) in [5, 5.41) is 6.50. The first-order valence-electron chi connectivity index (χ1n) is 12.4. The second-order valence-electron chi connectivity index (χ2n) is 9.12. The van der Waals surface area contributed by atoms with Gasteiger partial charge in [0.15, 0.2) is 5.65 Å².